The van der Waals surface area contributed by atoms with Gasteiger partial charge in [-0.1, -0.05) is 19.9 Å². The molecule has 0 saturated heterocycles. The summed E-state index contributed by atoms with van der Waals surface area (Å²) in [6.45, 7) is 6.86. The Hall–Kier alpha value is -0.430. The molecule has 3 N–H and O–H groups in total. The van der Waals surface area contributed by atoms with Crippen molar-refractivity contribution in [3.05, 3.63) is 12.7 Å². The maximum Gasteiger partial charge on any atom is 0.397 e. The van der Waals surface area contributed by atoms with Crippen LogP contribution < -0.4 is 5.73 Å². The topological polar surface area (TPSA) is 89.6 Å². The predicted molar refractivity (Wildman–Crippen MR) is 47.0 cm³/mol. The van der Waals surface area contributed by atoms with Crippen LogP contribution in [0.1, 0.15) is 13.8 Å². The van der Waals surface area contributed by atoms with Gasteiger partial charge in [-0.15, -0.1) is 6.58 Å². The fraction of sp³-hybridized carbons (Fsp3) is 0.667. The average molecular weight is 197 g/mol. The SMILES string of the molecule is C=CCOS(=O)(=O)O.CC(C)N. The van der Waals surface area contributed by atoms with Crippen LogP contribution in [0, 0.1) is 0 Å². The highest BCUT2D eigenvalue weighted by Gasteiger charge is 1.99. The summed E-state index contributed by atoms with van der Waals surface area (Å²) in [5.74, 6) is 0. The summed E-state index contributed by atoms with van der Waals surface area (Å²) in [7, 11) is -4.26. The zero-order valence-corrected chi connectivity index (χ0v) is 8.04. The minimum Gasteiger partial charge on any atom is -0.328 e. The van der Waals surface area contributed by atoms with E-state index in [2.05, 4.69) is 10.8 Å². The van der Waals surface area contributed by atoms with Crippen LogP contribution in [0.5, 0.6) is 0 Å². The van der Waals surface area contributed by atoms with E-state index >= 15 is 0 Å². The smallest absolute Gasteiger partial charge is 0.328 e. The van der Waals surface area contributed by atoms with Gasteiger partial charge in [0.1, 0.15) is 0 Å². The molecule has 0 aliphatic carbocycles. The quantitative estimate of drug-likeness (QED) is 0.503. The van der Waals surface area contributed by atoms with Crippen LogP contribution in [0.4, 0.5) is 0 Å². The molecule has 0 aromatic carbocycles. The molecule has 0 saturated carbocycles. The van der Waals surface area contributed by atoms with Gasteiger partial charge in [0.25, 0.3) is 0 Å². The van der Waals surface area contributed by atoms with E-state index in [0.29, 0.717) is 6.04 Å². The lowest BCUT2D eigenvalue weighted by Gasteiger charge is -1.90. The van der Waals surface area contributed by atoms with Crippen LogP contribution >= 0.6 is 0 Å². The molecule has 0 aromatic heterocycles. The second kappa shape index (κ2) is 7.23. The molecule has 0 heterocycles. The lowest BCUT2D eigenvalue weighted by atomic mass is 10.5. The fourth-order valence-electron chi connectivity index (χ4n) is 0.134. The van der Waals surface area contributed by atoms with E-state index in [4.69, 9.17) is 10.3 Å². The summed E-state index contributed by atoms with van der Waals surface area (Å²) in [6, 6.07) is 0.333. The Morgan fingerprint density at radius 3 is 2.08 bits per heavy atom. The molecule has 0 radical (unpaired) electrons. The Morgan fingerprint density at radius 1 is 1.67 bits per heavy atom. The summed E-state index contributed by atoms with van der Waals surface area (Å²) < 4.78 is 31.0. The number of nitrogens with two attached hydrogens (primary N) is 1. The Bertz CT molecular complexity index is 195. The first-order chi connectivity index (χ1) is 5.29. The molecular weight excluding hydrogens is 182 g/mol. The van der Waals surface area contributed by atoms with Crippen molar-refractivity contribution < 1.29 is 17.2 Å². The van der Waals surface area contributed by atoms with Gasteiger partial charge in [0, 0.05) is 0 Å². The monoisotopic (exact) mass is 197 g/mol. The second-order valence-electron chi connectivity index (χ2n) is 2.24. The standard InChI is InChI=1S/C3H9N.C3H6O4S/c1-3(2)4;1-2-3-7-8(4,5)6/h3H,4H2,1-2H3;2H,1,3H2,(H,4,5,6). The second-order valence-corrected chi connectivity index (χ2v) is 3.34. The molecule has 12 heavy (non-hydrogen) atoms. The van der Waals surface area contributed by atoms with Gasteiger partial charge in [0.05, 0.1) is 6.61 Å². The molecule has 0 spiro atoms. The molecule has 0 aromatic rings. The van der Waals surface area contributed by atoms with E-state index in [0.717, 1.165) is 0 Å². The van der Waals surface area contributed by atoms with Gasteiger partial charge in [-0.25, -0.2) is 4.18 Å². The maximum atomic E-state index is 9.68. The minimum absolute atomic E-state index is 0.196. The molecule has 0 fully saturated rings. The molecule has 5 nitrogen and oxygen atoms in total. The van der Waals surface area contributed by atoms with Crippen molar-refractivity contribution in [2.24, 2.45) is 5.73 Å². The molecule has 6 heteroatoms. The van der Waals surface area contributed by atoms with Crippen molar-refractivity contribution in [1.29, 1.82) is 0 Å². The molecule has 0 aliphatic rings. The Kier molecular flexibility index (Phi) is 8.51. The van der Waals surface area contributed by atoms with Gasteiger partial charge in [0.15, 0.2) is 0 Å². The summed E-state index contributed by atoms with van der Waals surface area (Å²) >= 11 is 0. The van der Waals surface area contributed by atoms with Crippen molar-refractivity contribution in [1.82, 2.24) is 0 Å². The average Bonchev–Trinajstić information content (AvgIpc) is 1.80. The van der Waals surface area contributed by atoms with Gasteiger partial charge in [0.2, 0.25) is 0 Å². The Balaban J connectivity index is 0. The zero-order valence-electron chi connectivity index (χ0n) is 7.23. The number of rotatable bonds is 3. The third-order valence-corrected chi connectivity index (χ3v) is 0.769. The molecule has 0 amide bonds. The van der Waals surface area contributed by atoms with Crippen molar-refractivity contribution >= 4 is 10.4 Å². The summed E-state index contributed by atoms with van der Waals surface area (Å²) in [6.07, 6.45) is 1.22. The van der Waals surface area contributed by atoms with Gasteiger partial charge >= 0.3 is 10.4 Å². The molecule has 0 rings (SSSR count). The maximum absolute atomic E-state index is 9.68. The van der Waals surface area contributed by atoms with Crippen LogP contribution in [-0.4, -0.2) is 25.6 Å². The van der Waals surface area contributed by atoms with Gasteiger partial charge < -0.3 is 5.73 Å². The summed E-state index contributed by atoms with van der Waals surface area (Å²) in [5, 5.41) is 0. The van der Waals surface area contributed by atoms with E-state index in [1.807, 2.05) is 13.8 Å². The van der Waals surface area contributed by atoms with Crippen molar-refractivity contribution in [2.75, 3.05) is 6.61 Å². The van der Waals surface area contributed by atoms with E-state index in [-0.39, 0.29) is 6.61 Å². The van der Waals surface area contributed by atoms with Gasteiger partial charge in [-0.2, -0.15) is 8.42 Å². The van der Waals surface area contributed by atoms with Gasteiger partial charge in [-0.05, 0) is 6.04 Å². The predicted octanol–water partition coefficient (Wildman–Crippen LogP) is 0.345. The zero-order chi connectivity index (χ0) is 10.2. The van der Waals surface area contributed by atoms with Crippen LogP contribution in [0.3, 0.4) is 0 Å². The van der Waals surface area contributed by atoms with Gasteiger partial charge in [-0.3, -0.25) is 4.55 Å². The van der Waals surface area contributed by atoms with E-state index in [9.17, 15) is 8.42 Å². The highest BCUT2D eigenvalue weighted by atomic mass is 32.3. The first-order valence-electron chi connectivity index (χ1n) is 3.28. The minimum atomic E-state index is -4.26. The van der Waals surface area contributed by atoms with Crippen LogP contribution in [-0.2, 0) is 14.6 Å². The number of hydrogen-bond acceptors (Lipinski definition) is 4. The van der Waals surface area contributed by atoms with E-state index < -0.39 is 10.4 Å². The van der Waals surface area contributed by atoms with Crippen molar-refractivity contribution in [3.8, 4) is 0 Å². The normalized spacial score (nSPS) is 10.4. The van der Waals surface area contributed by atoms with Crippen LogP contribution in [0.25, 0.3) is 0 Å². The molecule has 0 atom stereocenters. The molecule has 74 valence electrons. The summed E-state index contributed by atoms with van der Waals surface area (Å²) in [5.41, 5.74) is 5.11. The lowest BCUT2D eigenvalue weighted by molar-refractivity contribution is 0.296. The molecule has 0 unspecified atom stereocenters. The van der Waals surface area contributed by atoms with Crippen molar-refractivity contribution in [2.45, 2.75) is 19.9 Å². The lowest BCUT2D eigenvalue weighted by Crippen LogP contribution is -2.06. The first kappa shape index (κ1) is 14.1. The molecular formula is C6H15NO4S. The van der Waals surface area contributed by atoms with Crippen LogP contribution in [0.15, 0.2) is 12.7 Å². The third-order valence-electron chi connectivity index (χ3n) is 0.335. The highest BCUT2D eigenvalue weighted by molar-refractivity contribution is 7.80. The third kappa shape index (κ3) is 33.7. The molecule has 0 bridgehead atoms. The Labute approximate surface area is 73.2 Å². The molecule has 0 aliphatic heterocycles. The van der Waals surface area contributed by atoms with E-state index in [1.165, 1.54) is 6.08 Å². The van der Waals surface area contributed by atoms with Crippen LogP contribution in [0.2, 0.25) is 0 Å². The summed E-state index contributed by atoms with van der Waals surface area (Å²) in [4.78, 5) is 0. The largest absolute Gasteiger partial charge is 0.397 e. The fourth-order valence-corrected chi connectivity index (χ4v) is 0.402. The van der Waals surface area contributed by atoms with Crippen molar-refractivity contribution in [3.63, 3.8) is 0 Å². The first-order valence-corrected chi connectivity index (χ1v) is 4.64. The van der Waals surface area contributed by atoms with E-state index in [1.54, 1.807) is 0 Å². The number of hydrogen-bond donors (Lipinski definition) is 2. The highest BCUT2D eigenvalue weighted by Crippen LogP contribution is 1.83. The Morgan fingerprint density at radius 2 is 2.00 bits per heavy atom.